The maximum atomic E-state index is 13.2. The largest absolute Gasteiger partial charge is 0.354 e. The van der Waals surface area contributed by atoms with Crippen LogP contribution in [0.1, 0.15) is 19.7 Å². The number of nitrogens with zero attached hydrogens (tertiary/aromatic N) is 2. The number of nitrogens with one attached hydrogen (secondary N) is 1. The second kappa shape index (κ2) is 5.20. The average molecular weight is 278 g/mol. The summed E-state index contributed by atoms with van der Waals surface area (Å²) in [5.41, 5.74) is 6.28. The third-order valence-corrected chi connectivity index (χ3v) is 3.15. The molecule has 2 rings (SSSR count). The fourth-order valence-corrected chi connectivity index (χ4v) is 1.95. The minimum atomic E-state index is -0.893. The molecule has 3 N–H and O–H groups in total. The predicted octanol–water partition coefficient (Wildman–Crippen LogP) is 1.11. The molecule has 0 aliphatic heterocycles. The molecule has 0 radical (unpaired) electrons. The molecular formula is C14H19FN4O. The molecule has 0 saturated carbocycles. The molecule has 0 aliphatic carbocycles. The summed E-state index contributed by atoms with van der Waals surface area (Å²) in [6.07, 6.45) is 0.564. The van der Waals surface area contributed by atoms with E-state index in [9.17, 15) is 9.18 Å². The first-order valence-electron chi connectivity index (χ1n) is 6.47. The van der Waals surface area contributed by atoms with Crippen molar-refractivity contribution in [2.45, 2.75) is 25.8 Å². The molecule has 0 unspecified atom stereocenters. The van der Waals surface area contributed by atoms with Crippen molar-refractivity contribution >= 4 is 16.9 Å². The van der Waals surface area contributed by atoms with Crippen molar-refractivity contribution in [3.8, 4) is 0 Å². The lowest BCUT2D eigenvalue weighted by molar-refractivity contribution is -0.125. The van der Waals surface area contributed by atoms with Gasteiger partial charge in [0.05, 0.1) is 16.6 Å². The van der Waals surface area contributed by atoms with Crippen molar-refractivity contribution < 1.29 is 9.18 Å². The van der Waals surface area contributed by atoms with Crippen LogP contribution in [0.15, 0.2) is 18.2 Å². The lowest BCUT2D eigenvalue weighted by Crippen LogP contribution is -2.49. The molecule has 0 saturated heterocycles. The number of hydrogen-bond donors (Lipinski definition) is 2. The van der Waals surface area contributed by atoms with E-state index in [0.29, 0.717) is 13.0 Å². The van der Waals surface area contributed by atoms with Crippen LogP contribution in [0, 0.1) is 5.82 Å². The van der Waals surface area contributed by atoms with Gasteiger partial charge in [-0.1, -0.05) is 0 Å². The molecule has 0 fully saturated rings. The molecule has 108 valence electrons. The smallest absolute Gasteiger partial charge is 0.239 e. The van der Waals surface area contributed by atoms with Gasteiger partial charge >= 0.3 is 0 Å². The molecule has 1 amide bonds. The van der Waals surface area contributed by atoms with E-state index >= 15 is 0 Å². The van der Waals surface area contributed by atoms with Crippen molar-refractivity contribution in [1.82, 2.24) is 14.9 Å². The molecule has 0 bridgehead atoms. The normalized spacial score (nSPS) is 11.8. The van der Waals surface area contributed by atoms with Crippen LogP contribution in [0.5, 0.6) is 0 Å². The maximum absolute atomic E-state index is 13.2. The van der Waals surface area contributed by atoms with Gasteiger partial charge in [-0.2, -0.15) is 0 Å². The topological polar surface area (TPSA) is 72.9 Å². The summed E-state index contributed by atoms with van der Waals surface area (Å²) in [6, 6.07) is 4.49. The highest BCUT2D eigenvalue weighted by Gasteiger charge is 2.21. The van der Waals surface area contributed by atoms with Crippen LogP contribution in [-0.4, -0.2) is 27.5 Å². The molecule has 1 heterocycles. The highest BCUT2D eigenvalue weighted by atomic mass is 19.1. The maximum Gasteiger partial charge on any atom is 0.239 e. The van der Waals surface area contributed by atoms with Gasteiger partial charge in [-0.3, -0.25) is 4.79 Å². The molecule has 20 heavy (non-hydrogen) atoms. The number of carbonyl (C=O) groups excluding carboxylic acids is 1. The van der Waals surface area contributed by atoms with E-state index in [0.717, 1.165) is 16.9 Å². The minimum absolute atomic E-state index is 0.206. The number of nitrogens with two attached hydrogens (primary N) is 1. The van der Waals surface area contributed by atoms with Crippen LogP contribution in [-0.2, 0) is 18.3 Å². The number of hydrogen-bond acceptors (Lipinski definition) is 3. The molecule has 5 nitrogen and oxygen atoms in total. The Morgan fingerprint density at radius 1 is 1.50 bits per heavy atom. The van der Waals surface area contributed by atoms with Gasteiger partial charge in [0, 0.05) is 20.0 Å². The zero-order chi connectivity index (χ0) is 14.9. The Balaban J connectivity index is 2.07. The Morgan fingerprint density at radius 3 is 2.85 bits per heavy atom. The standard InChI is InChI=1S/C14H19FN4O/c1-14(2,16)13(20)17-7-6-12-18-10-5-4-9(15)8-11(10)19(12)3/h4-5,8H,6-7,16H2,1-3H3,(H,17,20). The van der Waals surface area contributed by atoms with E-state index in [2.05, 4.69) is 10.3 Å². The van der Waals surface area contributed by atoms with Crippen LogP contribution in [0.4, 0.5) is 4.39 Å². The van der Waals surface area contributed by atoms with Crippen LogP contribution < -0.4 is 11.1 Å². The highest BCUT2D eigenvalue weighted by Crippen LogP contribution is 2.16. The Labute approximate surface area is 117 Å². The van der Waals surface area contributed by atoms with Gasteiger partial charge in [0.15, 0.2) is 0 Å². The lowest BCUT2D eigenvalue weighted by atomic mass is 10.1. The van der Waals surface area contributed by atoms with Crippen LogP contribution in [0.2, 0.25) is 0 Å². The number of amides is 1. The number of aryl methyl sites for hydroxylation is 1. The summed E-state index contributed by atoms with van der Waals surface area (Å²) >= 11 is 0. The van der Waals surface area contributed by atoms with Gasteiger partial charge in [0.25, 0.3) is 0 Å². The van der Waals surface area contributed by atoms with Gasteiger partial charge in [-0.05, 0) is 32.0 Å². The summed E-state index contributed by atoms with van der Waals surface area (Å²) in [5.74, 6) is 0.299. The first-order chi connectivity index (χ1) is 9.29. The Hall–Kier alpha value is -1.95. The fraction of sp³-hybridized carbons (Fsp3) is 0.429. The van der Waals surface area contributed by atoms with Gasteiger partial charge in [-0.25, -0.2) is 9.37 Å². The van der Waals surface area contributed by atoms with Crippen molar-refractivity contribution in [3.05, 3.63) is 29.8 Å². The summed E-state index contributed by atoms with van der Waals surface area (Å²) in [7, 11) is 1.83. The first kappa shape index (κ1) is 14.5. The molecule has 0 atom stereocenters. The number of halogens is 1. The monoisotopic (exact) mass is 278 g/mol. The van der Waals surface area contributed by atoms with Crippen molar-refractivity contribution in [2.75, 3.05) is 6.54 Å². The van der Waals surface area contributed by atoms with E-state index in [1.54, 1.807) is 19.9 Å². The number of benzene rings is 1. The number of aromatic nitrogens is 2. The van der Waals surface area contributed by atoms with Gasteiger partial charge in [0.2, 0.25) is 5.91 Å². The molecule has 0 aliphatic rings. The molecule has 1 aromatic carbocycles. The number of carbonyl (C=O) groups is 1. The lowest BCUT2D eigenvalue weighted by Gasteiger charge is -2.17. The van der Waals surface area contributed by atoms with Crippen molar-refractivity contribution in [1.29, 1.82) is 0 Å². The second-order valence-electron chi connectivity index (χ2n) is 5.45. The second-order valence-corrected chi connectivity index (χ2v) is 5.45. The summed E-state index contributed by atoms with van der Waals surface area (Å²) in [4.78, 5) is 16.1. The SMILES string of the molecule is Cn1c(CCNC(=O)C(C)(C)N)nc2ccc(F)cc21. The summed E-state index contributed by atoms with van der Waals surface area (Å²) < 4.78 is 15.0. The third kappa shape index (κ3) is 2.96. The van der Waals surface area contributed by atoms with Crippen molar-refractivity contribution in [2.24, 2.45) is 12.8 Å². The third-order valence-electron chi connectivity index (χ3n) is 3.15. The van der Waals surface area contributed by atoms with Crippen LogP contribution >= 0.6 is 0 Å². The summed E-state index contributed by atoms with van der Waals surface area (Å²) in [6.45, 7) is 3.75. The molecule has 2 aromatic rings. The average Bonchev–Trinajstić information content (AvgIpc) is 2.65. The summed E-state index contributed by atoms with van der Waals surface area (Å²) in [5, 5.41) is 2.76. The quantitative estimate of drug-likeness (QED) is 0.880. The molecular weight excluding hydrogens is 259 g/mol. The number of fused-ring (bicyclic) bond motifs is 1. The number of imidazole rings is 1. The van der Waals surface area contributed by atoms with E-state index in [1.165, 1.54) is 12.1 Å². The first-order valence-corrected chi connectivity index (χ1v) is 6.47. The van der Waals surface area contributed by atoms with Crippen LogP contribution in [0.25, 0.3) is 11.0 Å². The van der Waals surface area contributed by atoms with E-state index < -0.39 is 5.54 Å². The van der Waals surface area contributed by atoms with E-state index in [1.807, 2.05) is 11.6 Å². The Morgan fingerprint density at radius 2 is 2.20 bits per heavy atom. The molecule has 0 spiro atoms. The Kier molecular flexibility index (Phi) is 3.76. The highest BCUT2D eigenvalue weighted by molar-refractivity contribution is 5.85. The number of rotatable bonds is 4. The van der Waals surface area contributed by atoms with Crippen LogP contribution in [0.3, 0.4) is 0 Å². The molecule has 6 heteroatoms. The van der Waals surface area contributed by atoms with Gasteiger partial charge in [-0.15, -0.1) is 0 Å². The molecule has 1 aromatic heterocycles. The zero-order valence-corrected chi connectivity index (χ0v) is 11.9. The predicted molar refractivity (Wildman–Crippen MR) is 75.7 cm³/mol. The van der Waals surface area contributed by atoms with Gasteiger partial charge < -0.3 is 15.6 Å². The van der Waals surface area contributed by atoms with Crippen molar-refractivity contribution in [3.63, 3.8) is 0 Å². The van der Waals surface area contributed by atoms with Gasteiger partial charge in [0.1, 0.15) is 11.6 Å². The van der Waals surface area contributed by atoms with E-state index in [4.69, 9.17) is 5.73 Å². The zero-order valence-electron chi connectivity index (χ0n) is 11.9. The van der Waals surface area contributed by atoms with E-state index in [-0.39, 0.29) is 11.7 Å². The Bertz CT molecular complexity index is 642. The fourth-order valence-electron chi connectivity index (χ4n) is 1.95. The minimum Gasteiger partial charge on any atom is -0.354 e.